The van der Waals surface area contributed by atoms with Crippen LogP contribution in [0.25, 0.3) is 0 Å². The van der Waals surface area contributed by atoms with Crippen LogP contribution in [0.3, 0.4) is 0 Å². The maximum atomic E-state index is 13.8. The Morgan fingerprint density at radius 1 is 1.05 bits per heavy atom. The molecule has 10 nitrogen and oxygen atoms in total. The molecule has 37 heavy (non-hydrogen) atoms. The van der Waals surface area contributed by atoms with Crippen molar-refractivity contribution in [1.82, 2.24) is 10.2 Å². The van der Waals surface area contributed by atoms with Crippen molar-refractivity contribution in [3.63, 3.8) is 0 Å². The number of sulfonamides is 1. The number of benzene rings is 2. The summed E-state index contributed by atoms with van der Waals surface area (Å²) in [5.41, 5.74) is 1.07. The normalized spacial score (nSPS) is 13.1. The van der Waals surface area contributed by atoms with Gasteiger partial charge in [0.05, 0.1) is 18.6 Å². The second-order valence-electron chi connectivity index (χ2n) is 8.53. The van der Waals surface area contributed by atoms with Gasteiger partial charge in [0.25, 0.3) is 0 Å². The summed E-state index contributed by atoms with van der Waals surface area (Å²) >= 11 is 0. The Morgan fingerprint density at radius 3 is 2.38 bits per heavy atom. The molecule has 3 rings (SSSR count). The molecular weight excluding hydrogens is 498 g/mol. The van der Waals surface area contributed by atoms with Crippen molar-refractivity contribution < 1.29 is 32.2 Å². The minimum absolute atomic E-state index is 0.0406. The zero-order valence-electron chi connectivity index (χ0n) is 21.7. The zero-order chi connectivity index (χ0) is 27.0. The molecule has 1 N–H and O–H groups in total. The van der Waals surface area contributed by atoms with Crippen molar-refractivity contribution in [2.24, 2.45) is 0 Å². The van der Waals surface area contributed by atoms with Crippen LogP contribution in [-0.2, 0) is 26.2 Å². The number of amides is 2. The monoisotopic (exact) mass is 533 g/mol. The van der Waals surface area contributed by atoms with E-state index >= 15 is 0 Å². The largest absolute Gasteiger partial charge is 0.497 e. The summed E-state index contributed by atoms with van der Waals surface area (Å²) in [6.07, 6.45) is 1.11. The summed E-state index contributed by atoms with van der Waals surface area (Å²) in [4.78, 5) is 28.3. The third-order valence-corrected chi connectivity index (χ3v) is 7.81. The van der Waals surface area contributed by atoms with E-state index in [-0.39, 0.29) is 30.7 Å². The molecule has 0 aromatic heterocycles. The highest BCUT2D eigenvalue weighted by atomic mass is 32.2. The van der Waals surface area contributed by atoms with E-state index < -0.39 is 28.5 Å². The standard InChI is InChI=1S/C26H35N3O7S/c1-5-14-27-26(31)22(6-2)28(16-19-8-11-21(34-4)12-9-19)25(30)17-29(37(32,33)7-3)20-10-13-23-24(15-20)36-18-35-23/h8-13,15,22H,5-7,14,16-18H2,1-4H3,(H,27,31). The van der Waals surface area contributed by atoms with E-state index in [0.717, 1.165) is 16.3 Å². The van der Waals surface area contributed by atoms with E-state index in [1.165, 1.54) is 11.8 Å². The van der Waals surface area contributed by atoms with E-state index in [1.54, 1.807) is 37.4 Å². The predicted molar refractivity (Wildman–Crippen MR) is 140 cm³/mol. The van der Waals surface area contributed by atoms with Gasteiger partial charge in [-0.25, -0.2) is 8.42 Å². The van der Waals surface area contributed by atoms with E-state index in [9.17, 15) is 18.0 Å². The fraction of sp³-hybridized carbons (Fsp3) is 0.462. The summed E-state index contributed by atoms with van der Waals surface area (Å²) in [6.45, 7) is 5.46. The predicted octanol–water partition coefficient (Wildman–Crippen LogP) is 2.91. The number of ether oxygens (including phenoxy) is 3. The molecule has 11 heteroatoms. The molecule has 1 atom stereocenters. The Hall–Kier alpha value is -3.47. The average Bonchev–Trinajstić information content (AvgIpc) is 3.38. The van der Waals surface area contributed by atoms with Gasteiger partial charge < -0.3 is 24.4 Å². The number of rotatable bonds is 13. The van der Waals surface area contributed by atoms with Gasteiger partial charge in [0.15, 0.2) is 11.5 Å². The second kappa shape index (κ2) is 12.7. The highest BCUT2D eigenvalue weighted by Crippen LogP contribution is 2.36. The number of hydrogen-bond acceptors (Lipinski definition) is 7. The fourth-order valence-corrected chi connectivity index (χ4v) is 5.03. The van der Waals surface area contributed by atoms with Crippen LogP contribution in [0.15, 0.2) is 42.5 Å². The number of carbonyl (C=O) groups is 2. The highest BCUT2D eigenvalue weighted by molar-refractivity contribution is 7.92. The van der Waals surface area contributed by atoms with Crippen LogP contribution in [-0.4, -0.2) is 63.9 Å². The molecule has 0 spiro atoms. The van der Waals surface area contributed by atoms with Gasteiger partial charge in [0.2, 0.25) is 28.6 Å². The van der Waals surface area contributed by atoms with Gasteiger partial charge in [0, 0.05) is 19.2 Å². The van der Waals surface area contributed by atoms with Crippen molar-refractivity contribution in [2.45, 2.75) is 46.2 Å². The molecule has 1 aliphatic rings. The van der Waals surface area contributed by atoms with Crippen LogP contribution in [0.5, 0.6) is 17.2 Å². The lowest BCUT2D eigenvalue weighted by atomic mass is 10.1. The van der Waals surface area contributed by atoms with Gasteiger partial charge in [-0.2, -0.15) is 0 Å². The molecular formula is C26H35N3O7S. The summed E-state index contributed by atoms with van der Waals surface area (Å²) in [7, 11) is -2.27. The third kappa shape index (κ3) is 6.85. The molecule has 1 aliphatic heterocycles. The maximum Gasteiger partial charge on any atom is 0.244 e. The number of methoxy groups -OCH3 is 1. The van der Waals surface area contributed by atoms with Crippen LogP contribution < -0.4 is 23.8 Å². The fourth-order valence-electron chi connectivity index (χ4n) is 3.97. The first-order valence-corrected chi connectivity index (χ1v) is 13.9. The van der Waals surface area contributed by atoms with Crippen LogP contribution >= 0.6 is 0 Å². The van der Waals surface area contributed by atoms with Crippen LogP contribution in [0.4, 0.5) is 5.69 Å². The maximum absolute atomic E-state index is 13.8. The van der Waals surface area contributed by atoms with E-state index in [2.05, 4.69) is 5.32 Å². The first-order valence-electron chi connectivity index (χ1n) is 12.3. The molecule has 2 aromatic rings. The summed E-state index contributed by atoms with van der Waals surface area (Å²) in [6, 6.07) is 11.1. The molecule has 0 radical (unpaired) electrons. The average molecular weight is 534 g/mol. The molecule has 0 saturated carbocycles. The lowest BCUT2D eigenvalue weighted by Gasteiger charge is -2.33. The summed E-state index contributed by atoms with van der Waals surface area (Å²) in [5, 5.41) is 2.86. The van der Waals surface area contributed by atoms with Gasteiger partial charge in [-0.15, -0.1) is 0 Å². The topological polar surface area (TPSA) is 114 Å². The molecule has 1 heterocycles. The van der Waals surface area contributed by atoms with Crippen LogP contribution in [0, 0.1) is 0 Å². The minimum atomic E-state index is -3.84. The third-order valence-electron chi connectivity index (χ3n) is 6.07. The smallest absolute Gasteiger partial charge is 0.244 e. The zero-order valence-corrected chi connectivity index (χ0v) is 22.5. The van der Waals surface area contributed by atoms with Crippen LogP contribution in [0.1, 0.15) is 39.2 Å². The molecule has 1 unspecified atom stereocenters. The Balaban J connectivity index is 1.95. The molecule has 0 fully saturated rings. The van der Waals surface area contributed by atoms with Gasteiger partial charge in [-0.1, -0.05) is 26.0 Å². The first-order chi connectivity index (χ1) is 17.7. The Morgan fingerprint density at radius 2 is 1.76 bits per heavy atom. The second-order valence-corrected chi connectivity index (χ2v) is 10.7. The number of anilines is 1. The van der Waals surface area contributed by atoms with Crippen molar-refractivity contribution in [1.29, 1.82) is 0 Å². The first kappa shape index (κ1) is 28.1. The van der Waals surface area contributed by atoms with E-state index in [0.29, 0.717) is 30.2 Å². The lowest BCUT2D eigenvalue weighted by Crippen LogP contribution is -2.52. The molecule has 202 valence electrons. The Labute approximate surface area is 218 Å². The molecule has 2 amide bonds. The molecule has 2 aromatic carbocycles. The van der Waals surface area contributed by atoms with Crippen LogP contribution in [0.2, 0.25) is 0 Å². The Bertz CT molecular complexity index is 1190. The number of carbonyl (C=O) groups excluding carboxylic acids is 2. The number of nitrogens with zero attached hydrogens (tertiary/aromatic N) is 2. The van der Waals surface area contributed by atoms with Gasteiger partial charge in [0.1, 0.15) is 18.3 Å². The SMILES string of the molecule is CCCNC(=O)C(CC)N(Cc1ccc(OC)cc1)C(=O)CN(c1ccc2c(c1)OCO2)S(=O)(=O)CC. The van der Waals surface area contributed by atoms with Crippen molar-refractivity contribution in [3.05, 3.63) is 48.0 Å². The van der Waals surface area contributed by atoms with E-state index in [4.69, 9.17) is 14.2 Å². The van der Waals surface area contributed by atoms with Crippen molar-refractivity contribution in [2.75, 3.05) is 37.1 Å². The number of fused-ring (bicyclic) bond motifs is 1. The summed E-state index contributed by atoms with van der Waals surface area (Å²) < 4.78 is 43.2. The van der Waals surface area contributed by atoms with Gasteiger partial charge in [-0.3, -0.25) is 13.9 Å². The molecule has 0 bridgehead atoms. The summed E-state index contributed by atoms with van der Waals surface area (Å²) in [5.74, 6) is 0.590. The highest BCUT2D eigenvalue weighted by Gasteiger charge is 2.33. The lowest BCUT2D eigenvalue weighted by molar-refractivity contribution is -0.140. The quantitative estimate of drug-likeness (QED) is 0.421. The number of hydrogen-bond donors (Lipinski definition) is 1. The van der Waals surface area contributed by atoms with Crippen molar-refractivity contribution >= 4 is 27.5 Å². The van der Waals surface area contributed by atoms with E-state index in [1.807, 2.05) is 26.0 Å². The number of nitrogens with one attached hydrogen (secondary N) is 1. The van der Waals surface area contributed by atoms with Crippen molar-refractivity contribution in [3.8, 4) is 17.2 Å². The minimum Gasteiger partial charge on any atom is -0.497 e. The molecule has 0 aliphatic carbocycles. The Kier molecular flexibility index (Phi) is 9.62. The van der Waals surface area contributed by atoms with Gasteiger partial charge in [-0.05, 0) is 49.6 Å². The molecule has 0 saturated heterocycles. The van der Waals surface area contributed by atoms with Gasteiger partial charge >= 0.3 is 0 Å².